The Bertz CT molecular complexity index is 241. The summed E-state index contributed by atoms with van der Waals surface area (Å²) in [6.45, 7) is 12.0. The fraction of sp³-hybridized carbons (Fsp3) is 0.917. The summed E-state index contributed by atoms with van der Waals surface area (Å²) in [6.07, 6.45) is -0.0389. The van der Waals surface area contributed by atoms with Gasteiger partial charge in [0.15, 0.2) is 0 Å². The number of rotatable bonds is 4. The van der Waals surface area contributed by atoms with Crippen molar-refractivity contribution in [1.82, 2.24) is 5.48 Å². The van der Waals surface area contributed by atoms with Gasteiger partial charge in [-0.15, -0.1) is 0 Å². The molecule has 0 aliphatic heterocycles. The molecule has 102 valence electrons. The summed E-state index contributed by atoms with van der Waals surface area (Å²) in [7, 11) is 0. The standard InChI is InChI=1S/C12H26N2O3/c1-11(2,3)9(7-8-13)17-14-10(15)16-12(4,5)6/h9H,7-8,13H2,1-6H3,(H,14,15). The van der Waals surface area contributed by atoms with E-state index in [4.69, 9.17) is 15.3 Å². The lowest BCUT2D eigenvalue weighted by Gasteiger charge is -2.30. The zero-order chi connectivity index (χ0) is 13.7. The second kappa shape index (κ2) is 6.21. The molecule has 0 saturated heterocycles. The molecule has 1 unspecified atom stereocenters. The van der Waals surface area contributed by atoms with Gasteiger partial charge in [0, 0.05) is 0 Å². The Morgan fingerprint density at radius 3 is 2.12 bits per heavy atom. The molecule has 0 bridgehead atoms. The van der Waals surface area contributed by atoms with E-state index in [9.17, 15) is 4.79 Å². The summed E-state index contributed by atoms with van der Waals surface area (Å²) in [5.41, 5.74) is 7.21. The van der Waals surface area contributed by atoms with Crippen LogP contribution >= 0.6 is 0 Å². The van der Waals surface area contributed by atoms with E-state index in [0.29, 0.717) is 13.0 Å². The van der Waals surface area contributed by atoms with Crippen molar-refractivity contribution in [2.45, 2.75) is 59.7 Å². The van der Waals surface area contributed by atoms with Crippen LogP contribution in [0.2, 0.25) is 0 Å². The van der Waals surface area contributed by atoms with Crippen LogP contribution in [-0.4, -0.2) is 24.3 Å². The first kappa shape index (κ1) is 16.2. The number of amides is 1. The van der Waals surface area contributed by atoms with E-state index in [0.717, 1.165) is 0 Å². The van der Waals surface area contributed by atoms with Crippen LogP contribution in [0.15, 0.2) is 0 Å². The van der Waals surface area contributed by atoms with Gasteiger partial charge in [0.2, 0.25) is 0 Å². The van der Waals surface area contributed by atoms with Crippen LogP contribution in [0, 0.1) is 5.41 Å². The van der Waals surface area contributed by atoms with Gasteiger partial charge in [0.1, 0.15) is 5.60 Å². The monoisotopic (exact) mass is 246 g/mol. The zero-order valence-electron chi connectivity index (χ0n) is 11.8. The second-order valence-corrected chi connectivity index (χ2v) is 6.15. The van der Waals surface area contributed by atoms with E-state index in [2.05, 4.69) is 5.48 Å². The zero-order valence-corrected chi connectivity index (χ0v) is 11.8. The van der Waals surface area contributed by atoms with Crippen LogP contribution in [-0.2, 0) is 9.57 Å². The summed E-state index contributed by atoms with van der Waals surface area (Å²) in [6, 6.07) is 0. The maximum absolute atomic E-state index is 11.4. The Balaban J connectivity index is 4.18. The minimum atomic E-state index is -0.580. The van der Waals surface area contributed by atoms with Gasteiger partial charge >= 0.3 is 6.09 Å². The topological polar surface area (TPSA) is 73.6 Å². The number of carbonyl (C=O) groups excluding carboxylic acids is 1. The number of nitrogens with one attached hydrogen (secondary N) is 1. The van der Waals surface area contributed by atoms with Crippen molar-refractivity contribution < 1.29 is 14.4 Å². The van der Waals surface area contributed by atoms with Gasteiger partial charge < -0.3 is 10.5 Å². The number of hydrogen-bond acceptors (Lipinski definition) is 4. The van der Waals surface area contributed by atoms with Crippen LogP contribution in [0.3, 0.4) is 0 Å². The number of nitrogens with two attached hydrogens (primary N) is 1. The first-order chi connectivity index (χ1) is 7.56. The summed E-state index contributed by atoms with van der Waals surface area (Å²) in [5.74, 6) is 0. The number of carbonyl (C=O) groups is 1. The van der Waals surface area contributed by atoms with E-state index in [1.807, 2.05) is 20.8 Å². The van der Waals surface area contributed by atoms with Gasteiger partial charge in [0.25, 0.3) is 0 Å². The van der Waals surface area contributed by atoms with Gasteiger partial charge in [-0.05, 0) is 39.2 Å². The molecule has 5 nitrogen and oxygen atoms in total. The molecule has 0 fully saturated rings. The SMILES string of the molecule is CC(C)(C)OC(=O)NOC(CCN)C(C)(C)C. The smallest absolute Gasteiger partial charge is 0.431 e. The average molecular weight is 246 g/mol. The Kier molecular flexibility index (Phi) is 5.92. The van der Waals surface area contributed by atoms with Crippen molar-refractivity contribution in [3.63, 3.8) is 0 Å². The quantitative estimate of drug-likeness (QED) is 0.746. The maximum atomic E-state index is 11.4. The Hall–Kier alpha value is -0.810. The third kappa shape index (κ3) is 7.99. The average Bonchev–Trinajstić information content (AvgIpc) is 2.07. The molecule has 0 aliphatic carbocycles. The predicted molar refractivity (Wildman–Crippen MR) is 67.4 cm³/mol. The third-order valence-corrected chi connectivity index (χ3v) is 2.08. The highest BCUT2D eigenvalue weighted by Gasteiger charge is 2.26. The molecule has 17 heavy (non-hydrogen) atoms. The van der Waals surface area contributed by atoms with Crippen LogP contribution < -0.4 is 11.2 Å². The van der Waals surface area contributed by atoms with Crippen molar-refractivity contribution >= 4 is 6.09 Å². The molecule has 0 aliphatic rings. The van der Waals surface area contributed by atoms with E-state index in [-0.39, 0.29) is 11.5 Å². The highest BCUT2D eigenvalue weighted by molar-refractivity contribution is 5.66. The van der Waals surface area contributed by atoms with Gasteiger partial charge in [0.05, 0.1) is 6.10 Å². The Morgan fingerprint density at radius 1 is 1.24 bits per heavy atom. The molecule has 0 rings (SSSR count). The highest BCUT2D eigenvalue weighted by Crippen LogP contribution is 2.23. The molecule has 1 atom stereocenters. The molecule has 0 spiro atoms. The molecule has 0 heterocycles. The normalized spacial score (nSPS) is 14.3. The minimum absolute atomic E-state index is 0.0889. The number of hydrogen-bond donors (Lipinski definition) is 2. The Morgan fingerprint density at radius 2 is 1.76 bits per heavy atom. The molecule has 0 aromatic carbocycles. The summed E-state index contributed by atoms with van der Waals surface area (Å²) in [5, 5.41) is 0. The number of ether oxygens (including phenoxy) is 1. The highest BCUT2D eigenvalue weighted by atomic mass is 16.7. The molecular formula is C12H26N2O3. The van der Waals surface area contributed by atoms with Crippen LogP contribution in [0.4, 0.5) is 4.79 Å². The third-order valence-electron chi connectivity index (χ3n) is 2.08. The van der Waals surface area contributed by atoms with Crippen LogP contribution in [0.1, 0.15) is 48.0 Å². The molecule has 0 aromatic rings. The fourth-order valence-corrected chi connectivity index (χ4v) is 1.24. The van der Waals surface area contributed by atoms with Crippen molar-refractivity contribution in [2.24, 2.45) is 11.1 Å². The van der Waals surface area contributed by atoms with E-state index >= 15 is 0 Å². The summed E-state index contributed by atoms with van der Waals surface area (Å²) >= 11 is 0. The molecule has 1 amide bonds. The van der Waals surface area contributed by atoms with Crippen molar-refractivity contribution in [3.05, 3.63) is 0 Å². The minimum Gasteiger partial charge on any atom is -0.442 e. The maximum Gasteiger partial charge on any atom is 0.431 e. The van der Waals surface area contributed by atoms with E-state index < -0.39 is 11.7 Å². The van der Waals surface area contributed by atoms with E-state index in [1.165, 1.54) is 0 Å². The predicted octanol–water partition coefficient (Wildman–Crippen LogP) is 2.21. The Labute approximate surface area is 104 Å². The van der Waals surface area contributed by atoms with Crippen molar-refractivity contribution in [2.75, 3.05) is 6.54 Å². The van der Waals surface area contributed by atoms with Gasteiger partial charge in [-0.3, -0.25) is 4.84 Å². The summed E-state index contributed by atoms with van der Waals surface area (Å²) < 4.78 is 5.07. The van der Waals surface area contributed by atoms with Crippen molar-refractivity contribution in [3.8, 4) is 0 Å². The first-order valence-electron chi connectivity index (χ1n) is 5.91. The van der Waals surface area contributed by atoms with Gasteiger partial charge in [-0.25, -0.2) is 4.79 Å². The molecule has 0 aromatic heterocycles. The molecule has 0 radical (unpaired) electrons. The largest absolute Gasteiger partial charge is 0.442 e. The lowest BCUT2D eigenvalue weighted by atomic mass is 9.87. The second-order valence-electron chi connectivity index (χ2n) is 6.15. The summed E-state index contributed by atoms with van der Waals surface area (Å²) in [4.78, 5) is 16.8. The van der Waals surface area contributed by atoms with Crippen LogP contribution in [0.25, 0.3) is 0 Å². The van der Waals surface area contributed by atoms with Gasteiger partial charge in [-0.2, -0.15) is 5.48 Å². The van der Waals surface area contributed by atoms with Crippen LogP contribution in [0.5, 0.6) is 0 Å². The molecular weight excluding hydrogens is 220 g/mol. The molecule has 0 saturated carbocycles. The fourth-order valence-electron chi connectivity index (χ4n) is 1.24. The first-order valence-corrected chi connectivity index (χ1v) is 5.91. The lowest BCUT2D eigenvalue weighted by Crippen LogP contribution is -2.40. The molecule has 5 heteroatoms. The van der Waals surface area contributed by atoms with Gasteiger partial charge in [-0.1, -0.05) is 20.8 Å². The lowest BCUT2D eigenvalue weighted by molar-refractivity contribution is -0.0829. The number of hydroxylamine groups is 1. The van der Waals surface area contributed by atoms with Crippen molar-refractivity contribution in [1.29, 1.82) is 0 Å². The van der Waals surface area contributed by atoms with E-state index in [1.54, 1.807) is 20.8 Å². The molecule has 3 N–H and O–H groups in total.